The van der Waals surface area contributed by atoms with E-state index in [2.05, 4.69) is 41.1 Å². The molecular weight excluding hydrogens is 276 g/mol. The summed E-state index contributed by atoms with van der Waals surface area (Å²) in [4.78, 5) is 23.4. The van der Waals surface area contributed by atoms with Gasteiger partial charge in [-0.05, 0) is 15.9 Å². The first kappa shape index (κ1) is 10.8. The summed E-state index contributed by atoms with van der Waals surface area (Å²) in [5.41, 5.74) is -0.319. The molecule has 0 aliphatic heterocycles. The molecule has 0 unspecified atom stereocenters. The summed E-state index contributed by atoms with van der Waals surface area (Å²) in [6, 6.07) is 0. The van der Waals surface area contributed by atoms with Crippen molar-refractivity contribution in [3.8, 4) is 0 Å². The van der Waals surface area contributed by atoms with Crippen molar-refractivity contribution in [3.05, 3.63) is 33.2 Å². The van der Waals surface area contributed by atoms with Crippen LogP contribution in [0.3, 0.4) is 0 Å². The number of H-pyrrole nitrogens is 2. The molecule has 2 aromatic heterocycles. The summed E-state index contributed by atoms with van der Waals surface area (Å²) in [5, 5.41) is 6.10. The third-order valence-corrected chi connectivity index (χ3v) is 2.29. The maximum absolute atomic E-state index is 10.8. The van der Waals surface area contributed by atoms with E-state index in [1.54, 1.807) is 17.3 Å². The lowest BCUT2D eigenvalue weighted by atomic mass is 10.5. The number of aromatic nitrogens is 5. The van der Waals surface area contributed by atoms with E-state index in [1.807, 2.05) is 7.05 Å². The molecule has 0 amide bonds. The molecule has 0 radical (unpaired) electrons. The Hall–Kier alpha value is -1.70. The maximum Gasteiger partial charge on any atom is 0.340 e. The van der Waals surface area contributed by atoms with Crippen molar-refractivity contribution < 1.29 is 0 Å². The van der Waals surface area contributed by atoms with E-state index < -0.39 is 0 Å². The summed E-state index contributed by atoms with van der Waals surface area (Å²) in [7, 11) is 1.82. The van der Waals surface area contributed by atoms with Crippen LogP contribution in [0.1, 0.15) is 5.82 Å². The van der Waals surface area contributed by atoms with Crippen molar-refractivity contribution >= 4 is 21.9 Å². The van der Waals surface area contributed by atoms with Crippen LogP contribution >= 0.6 is 15.9 Å². The van der Waals surface area contributed by atoms with E-state index >= 15 is 0 Å². The van der Waals surface area contributed by atoms with Crippen LogP contribution in [0.5, 0.6) is 0 Å². The topological polar surface area (TPSA) is 90.6 Å². The fourth-order valence-corrected chi connectivity index (χ4v) is 1.38. The van der Waals surface area contributed by atoms with E-state index in [9.17, 15) is 4.79 Å². The number of anilines is 1. The molecule has 0 saturated heterocycles. The minimum atomic E-state index is -0.319. The summed E-state index contributed by atoms with van der Waals surface area (Å²) in [6.07, 6.45) is 3.32. The zero-order valence-electron chi connectivity index (χ0n) is 8.44. The third kappa shape index (κ3) is 2.45. The van der Waals surface area contributed by atoms with Crippen LogP contribution in [0.4, 0.5) is 5.95 Å². The third-order valence-electron chi connectivity index (χ3n) is 1.89. The SMILES string of the molecule is CN(Cc1n[nH]c(=O)[nH]1)c1ncc(Br)cn1. The van der Waals surface area contributed by atoms with Gasteiger partial charge in [-0.25, -0.2) is 19.9 Å². The van der Waals surface area contributed by atoms with Crippen LogP contribution in [-0.4, -0.2) is 32.2 Å². The molecule has 0 aliphatic rings. The molecule has 8 heteroatoms. The molecule has 2 heterocycles. The highest BCUT2D eigenvalue weighted by Crippen LogP contribution is 2.10. The monoisotopic (exact) mass is 284 g/mol. The Morgan fingerprint density at radius 1 is 1.44 bits per heavy atom. The van der Waals surface area contributed by atoms with Gasteiger partial charge in [-0.15, -0.1) is 0 Å². The molecule has 0 bridgehead atoms. The highest BCUT2D eigenvalue weighted by Gasteiger charge is 2.07. The van der Waals surface area contributed by atoms with Gasteiger partial charge in [-0.1, -0.05) is 0 Å². The van der Waals surface area contributed by atoms with E-state index in [1.165, 1.54) is 0 Å². The summed E-state index contributed by atoms with van der Waals surface area (Å²) >= 11 is 3.26. The number of rotatable bonds is 3. The number of nitrogens with zero attached hydrogens (tertiary/aromatic N) is 4. The van der Waals surface area contributed by atoms with Crippen LogP contribution in [-0.2, 0) is 6.54 Å². The Bertz CT molecular complexity index is 518. The largest absolute Gasteiger partial charge is 0.340 e. The van der Waals surface area contributed by atoms with Gasteiger partial charge in [0.2, 0.25) is 5.95 Å². The van der Waals surface area contributed by atoms with Gasteiger partial charge in [-0.2, -0.15) is 5.10 Å². The number of nitrogens with one attached hydrogen (secondary N) is 2. The zero-order valence-corrected chi connectivity index (χ0v) is 10.0. The van der Waals surface area contributed by atoms with Gasteiger partial charge in [-0.3, -0.25) is 4.98 Å². The molecule has 0 spiro atoms. The molecular formula is C8H9BrN6O. The average Bonchev–Trinajstić information content (AvgIpc) is 2.65. The van der Waals surface area contributed by atoms with E-state index in [4.69, 9.17) is 0 Å². The first-order chi connectivity index (χ1) is 7.65. The molecule has 2 N–H and O–H groups in total. The van der Waals surface area contributed by atoms with Gasteiger partial charge >= 0.3 is 5.69 Å². The van der Waals surface area contributed by atoms with Crippen molar-refractivity contribution in [3.63, 3.8) is 0 Å². The Kier molecular flexibility index (Phi) is 3.00. The molecule has 0 aromatic carbocycles. The van der Waals surface area contributed by atoms with Gasteiger partial charge < -0.3 is 4.90 Å². The normalized spacial score (nSPS) is 10.4. The van der Waals surface area contributed by atoms with Crippen molar-refractivity contribution in [1.82, 2.24) is 25.1 Å². The molecule has 2 aromatic rings. The second kappa shape index (κ2) is 4.44. The van der Waals surface area contributed by atoms with Crippen molar-refractivity contribution in [2.45, 2.75) is 6.54 Å². The quantitative estimate of drug-likeness (QED) is 0.845. The maximum atomic E-state index is 10.8. The summed E-state index contributed by atoms with van der Waals surface area (Å²) in [6.45, 7) is 0.431. The number of hydrogen-bond donors (Lipinski definition) is 2. The second-order valence-corrected chi connectivity index (χ2v) is 4.10. The van der Waals surface area contributed by atoms with Crippen LogP contribution in [0.15, 0.2) is 21.7 Å². The molecule has 0 fully saturated rings. The van der Waals surface area contributed by atoms with Gasteiger partial charge in [0.1, 0.15) is 0 Å². The Morgan fingerprint density at radius 3 is 2.69 bits per heavy atom. The summed E-state index contributed by atoms with van der Waals surface area (Å²) < 4.78 is 0.817. The molecule has 7 nitrogen and oxygen atoms in total. The molecule has 16 heavy (non-hydrogen) atoms. The van der Waals surface area contributed by atoms with Crippen molar-refractivity contribution in [2.75, 3.05) is 11.9 Å². The average molecular weight is 285 g/mol. The minimum Gasteiger partial charge on any atom is -0.336 e. The molecule has 0 atom stereocenters. The minimum absolute atomic E-state index is 0.319. The number of hydrogen-bond acceptors (Lipinski definition) is 5. The van der Waals surface area contributed by atoms with Gasteiger partial charge in [0, 0.05) is 19.4 Å². The Labute approximate surface area is 99.1 Å². The highest BCUT2D eigenvalue weighted by molar-refractivity contribution is 9.10. The van der Waals surface area contributed by atoms with E-state index in [0.29, 0.717) is 18.3 Å². The Morgan fingerprint density at radius 2 is 2.12 bits per heavy atom. The summed E-state index contributed by atoms with van der Waals surface area (Å²) in [5.74, 6) is 1.10. The molecule has 84 valence electrons. The molecule has 2 rings (SSSR count). The van der Waals surface area contributed by atoms with Crippen LogP contribution in [0, 0.1) is 0 Å². The lowest BCUT2D eigenvalue weighted by molar-refractivity contribution is 0.810. The van der Waals surface area contributed by atoms with Crippen LogP contribution in [0.25, 0.3) is 0 Å². The first-order valence-electron chi connectivity index (χ1n) is 4.47. The lowest BCUT2D eigenvalue weighted by Gasteiger charge is -2.14. The second-order valence-electron chi connectivity index (χ2n) is 3.18. The highest BCUT2D eigenvalue weighted by atomic mass is 79.9. The zero-order chi connectivity index (χ0) is 11.5. The lowest BCUT2D eigenvalue weighted by Crippen LogP contribution is -2.20. The van der Waals surface area contributed by atoms with Crippen molar-refractivity contribution in [2.24, 2.45) is 0 Å². The predicted molar refractivity (Wildman–Crippen MR) is 61.0 cm³/mol. The smallest absolute Gasteiger partial charge is 0.336 e. The van der Waals surface area contributed by atoms with Gasteiger partial charge in [0.25, 0.3) is 0 Å². The van der Waals surface area contributed by atoms with Gasteiger partial charge in [0.15, 0.2) is 5.82 Å². The molecule has 0 aliphatic carbocycles. The number of halogens is 1. The van der Waals surface area contributed by atoms with Crippen LogP contribution in [0.2, 0.25) is 0 Å². The van der Waals surface area contributed by atoms with Crippen LogP contribution < -0.4 is 10.6 Å². The van der Waals surface area contributed by atoms with Gasteiger partial charge in [0.05, 0.1) is 11.0 Å². The fourth-order valence-electron chi connectivity index (χ4n) is 1.18. The Balaban J connectivity index is 2.11. The van der Waals surface area contributed by atoms with E-state index in [-0.39, 0.29) is 5.69 Å². The fraction of sp³-hybridized carbons (Fsp3) is 0.250. The predicted octanol–water partition coefficient (Wildman–Crippen LogP) is 0.287. The number of aromatic amines is 2. The standard InChI is InChI=1S/C8H9BrN6O/c1-15(4-6-12-8(16)14-13-6)7-10-2-5(9)3-11-7/h2-3H,4H2,1H3,(H2,12,13,14,16). The van der Waals surface area contributed by atoms with E-state index in [0.717, 1.165) is 4.47 Å². The molecule has 0 saturated carbocycles. The van der Waals surface area contributed by atoms with Crippen molar-refractivity contribution in [1.29, 1.82) is 0 Å². The first-order valence-corrected chi connectivity index (χ1v) is 5.26.